The van der Waals surface area contributed by atoms with Crippen molar-refractivity contribution in [2.45, 2.75) is 20.0 Å². The van der Waals surface area contributed by atoms with Crippen LogP contribution in [0.15, 0.2) is 24.3 Å². The molecule has 3 nitrogen and oxygen atoms in total. The molecule has 0 aliphatic heterocycles. The summed E-state index contributed by atoms with van der Waals surface area (Å²) >= 11 is 0. The van der Waals surface area contributed by atoms with Crippen LogP contribution in [0.1, 0.15) is 12.5 Å². The number of nitrogens with one attached hydrogen (secondary N) is 1. The summed E-state index contributed by atoms with van der Waals surface area (Å²) in [5.41, 5.74) is 1.17. The van der Waals surface area contributed by atoms with Gasteiger partial charge >= 0.3 is 0 Å². The topological polar surface area (TPSA) is 30.5 Å². The molecule has 0 aromatic heterocycles. The van der Waals surface area contributed by atoms with Crippen molar-refractivity contribution in [2.75, 3.05) is 26.8 Å². The molecule has 0 fully saturated rings. The first-order valence-electron chi connectivity index (χ1n) is 5.66. The van der Waals surface area contributed by atoms with Gasteiger partial charge in [0.2, 0.25) is 0 Å². The van der Waals surface area contributed by atoms with Gasteiger partial charge in [0.05, 0.1) is 6.61 Å². The van der Waals surface area contributed by atoms with E-state index in [1.165, 1.54) is 5.56 Å². The van der Waals surface area contributed by atoms with Crippen molar-refractivity contribution in [3.8, 4) is 5.75 Å². The number of aryl methyl sites for hydroxylation is 1. The van der Waals surface area contributed by atoms with Crippen molar-refractivity contribution < 1.29 is 9.47 Å². The molecule has 0 saturated carbocycles. The molecular weight excluding hydrogens is 202 g/mol. The fourth-order valence-corrected chi connectivity index (χ4v) is 1.43. The van der Waals surface area contributed by atoms with Crippen LogP contribution in [0.4, 0.5) is 0 Å². The first-order chi connectivity index (χ1) is 7.74. The maximum atomic E-state index is 5.82. The van der Waals surface area contributed by atoms with E-state index < -0.39 is 0 Å². The molecule has 0 amide bonds. The van der Waals surface area contributed by atoms with Gasteiger partial charge in [-0.1, -0.05) is 18.2 Å². The maximum Gasteiger partial charge on any atom is 0.122 e. The molecule has 0 bridgehead atoms. The van der Waals surface area contributed by atoms with E-state index in [9.17, 15) is 0 Å². The molecule has 90 valence electrons. The highest BCUT2D eigenvalue weighted by molar-refractivity contribution is 5.31. The summed E-state index contributed by atoms with van der Waals surface area (Å²) in [5, 5.41) is 3.28. The zero-order valence-corrected chi connectivity index (χ0v) is 10.3. The average molecular weight is 223 g/mol. The highest BCUT2D eigenvalue weighted by Crippen LogP contribution is 2.17. The van der Waals surface area contributed by atoms with Gasteiger partial charge in [-0.3, -0.25) is 0 Å². The highest BCUT2D eigenvalue weighted by Gasteiger charge is 2.04. The van der Waals surface area contributed by atoms with Crippen molar-refractivity contribution in [3.63, 3.8) is 0 Å². The van der Waals surface area contributed by atoms with Crippen LogP contribution in [0, 0.1) is 6.92 Å². The molecule has 0 aliphatic carbocycles. The van der Waals surface area contributed by atoms with E-state index in [0.29, 0.717) is 0 Å². The summed E-state index contributed by atoms with van der Waals surface area (Å²) in [6, 6.07) is 8.07. The summed E-state index contributed by atoms with van der Waals surface area (Å²) in [6.45, 7) is 6.54. The Balaban J connectivity index is 2.28. The molecule has 1 unspecified atom stereocenters. The second-order valence-corrected chi connectivity index (χ2v) is 3.89. The van der Waals surface area contributed by atoms with Crippen molar-refractivity contribution in [1.82, 2.24) is 5.32 Å². The van der Waals surface area contributed by atoms with E-state index in [-0.39, 0.29) is 6.10 Å². The van der Waals surface area contributed by atoms with E-state index in [0.717, 1.165) is 25.4 Å². The number of benzene rings is 1. The number of methoxy groups -OCH3 is 1. The highest BCUT2D eigenvalue weighted by atomic mass is 16.5. The third-order valence-electron chi connectivity index (χ3n) is 2.34. The van der Waals surface area contributed by atoms with Gasteiger partial charge < -0.3 is 14.8 Å². The Hall–Kier alpha value is -1.06. The summed E-state index contributed by atoms with van der Waals surface area (Å²) in [6.07, 6.45) is 0.165. The third kappa shape index (κ3) is 4.64. The fourth-order valence-electron chi connectivity index (χ4n) is 1.43. The number of hydrogen-bond acceptors (Lipinski definition) is 3. The van der Waals surface area contributed by atoms with Crippen LogP contribution < -0.4 is 10.1 Å². The van der Waals surface area contributed by atoms with Gasteiger partial charge in [0.15, 0.2) is 0 Å². The molecule has 1 rings (SSSR count). The van der Waals surface area contributed by atoms with Crippen molar-refractivity contribution in [1.29, 1.82) is 0 Å². The van der Waals surface area contributed by atoms with Crippen molar-refractivity contribution >= 4 is 0 Å². The average Bonchev–Trinajstić information content (AvgIpc) is 2.28. The third-order valence-corrected chi connectivity index (χ3v) is 2.34. The lowest BCUT2D eigenvalue weighted by molar-refractivity contribution is 0.184. The predicted molar refractivity (Wildman–Crippen MR) is 66.0 cm³/mol. The van der Waals surface area contributed by atoms with Crippen LogP contribution in [-0.4, -0.2) is 32.9 Å². The Bertz CT molecular complexity index is 302. The van der Waals surface area contributed by atoms with E-state index in [4.69, 9.17) is 9.47 Å². The second-order valence-electron chi connectivity index (χ2n) is 3.89. The molecule has 0 heterocycles. The molecule has 1 aromatic carbocycles. The Kier molecular flexibility index (Phi) is 5.90. The van der Waals surface area contributed by atoms with E-state index in [1.807, 2.05) is 18.2 Å². The summed E-state index contributed by atoms with van der Waals surface area (Å²) in [4.78, 5) is 0. The van der Waals surface area contributed by atoms with Gasteiger partial charge in [-0.15, -0.1) is 0 Å². The number of para-hydroxylation sites is 1. The molecule has 16 heavy (non-hydrogen) atoms. The van der Waals surface area contributed by atoms with Gasteiger partial charge in [-0.05, 0) is 25.5 Å². The summed E-state index contributed by atoms with van der Waals surface area (Å²) < 4.78 is 10.8. The predicted octanol–water partition coefficient (Wildman–Crippen LogP) is 2.00. The fraction of sp³-hybridized carbons (Fsp3) is 0.538. The van der Waals surface area contributed by atoms with Gasteiger partial charge in [0.25, 0.3) is 0 Å². The van der Waals surface area contributed by atoms with Gasteiger partial charge in [-0.25, -0.2) is 0 Å². The van der Waals surface area contributed by atoms with E-state index in [2.05, 4.69) is 25.2 Å². The lowest BCUT2D eigenvalue weighted by atomic mass is 10.2. The van der Waals surface area contributed by atoms with Crippen LogP contribution in [-0.2, 0) is 4.74 Å². The lowest BCUT2D eigenvalue weighted by Crippen LogP contribution is -2.31. The number of ether oxygens (including phenoxy) is 2. The molecule has 3 heteroatoms. The van der Waals surface area contributed by atoms with Crippen molar-refractivity contribution in [3.05, 3.63) is 29.8 Å². The van der Waals surface area contributed by atoms with E-state index >= 15 is 0 Å². The summed E-state index contributed by atoms with van der Waals surface area (Å²) in [5.74, 6) is 0.962. The number of rotatable bonds is 7. The summed E-state index contributed by atoms with van der Waals surface area (Å²) in [7, 11) is 1.70. The molecule has 0 radical (unpaired) electrons. The Morgan fingerprint density at radius 1 is 1.31 bits per heavy atom. The number of hydrogen-bond donors (Lipinski definition) is 1. The van der Waals surface area contributed by atoms with Crippen LogP contribution >= 0.6 is 0 Å². The Labute approximate surface area is 97.8 Å². The SMILES string of the molecule is COCCNCC(C)Oc1ccccc1C. The molecule has 1 N–H and O–H groups in total. The minimum Gasteiger partial charge on any atom is -0.489 e. The first kappa shape index (κ1) is 13.0. The van der Waals surface area contributed by atoms with Crippen LogP contribution in [0.3, 0.4) is 0 Å². The zero-order chi connectivity index (χ0) is 11.8. The first-order valence-corrected chi connectivity index (χ1v) is 5.66. The Morgan fingerprint density at radius 2 is 2.06 bits per heavy atom. The molecule has 1 aromatic rings. The standard InChI is InChI=1S/C13H21NO2/c1-11-6-4-5-7-13(11)16-12(2)10-14-8-9-15-3/h4-7,12,14H,8-10H2,1-3H3. The Morgan fingerprint density at radius 3 is 2.75 bits per heavy atom. The largest absolute Gasteiger partial charge is 0.489 e. The van der Waals surface area contributed by atoms with Gasteiger partial charge in [0.1, 0.15) is 11.9 Å². The minimum atomic E-state index is 0.165. The van der Waals surface area contributed by atoms with Gasteiger partial charge in [0, 0.05) is 20.2 Å². The van der Waals surface area contributed by atoms with Crippen LogP contribution in [0.2, 0.25) is 0 Å². The van der Waals surface area contributed by atoms with Crippen LogP contribution in [0.5, 0.6) is 5.75 Å². The maximum absolute atomic E-state index is 5.82. The lowest BCUT2D eigenvalue weighted by Gasteiger charge is -2.16. The quantitative estimate of drug-likeness (QED) is 0.717. The molecule has 0 aliphatic rings. The smallest absolute Gasteiger partial charge is 0.122 e. The minimum absolute atomic E-state index is 0.165. The van der Waals surface area contributed by atoms with E-state index in [1.54, 1.807) is 7.11 Å². The van der Waals surface area contributed by atoms with Crippen LogP contribution in [0.25, 0.3) is 0 Å². The molecule has 0 spiro atoms. The van der Waals surface area contributed by atoms with Gasteiger partial charge in [-0.2, -0.15) is 0 Å². The monoisotopic (exact) mass is 223 g/mol. The second kappa shape index (κ2) is 7.25. The molecule has 1 atom stereocenters. The zero-order valence-electron chi connectivity index (χ0n) is 10.3. The molecule has 0 saturated heterocycles. The molecular formula is C13H21NO2. The normalized spacial score (nSPS) is 12.4. The van der Waals surface area contributed by atoms with Crippen molar-refractivity contribution in [2.24, 2.45) is 0 Å².